The third kappa shape index (κ3) is 2.43. The molecule has 3 rings (SSSR count). The van der Waals surface area contributed by atoms with Crippen LogP contribution in [0.4, 0.5) is 0 Å². The van der Waals surface area contributed by atoms with Gasteiger partial charge in [-0.2, -0.15) is 0 Å². The number of hydrogen-bond acceptors (Lipinski definition) is 4. The second-order valence-corrected chi connectivity index (χ2v) is 7.92. The molecule has 22 heavy (non-hydrogen) atoms. The molecule has 0 unspecified atom stereocenters. The first kappa shape index (κ1) is 15.8. The molecule has 0 aliphatic heterocycles. The average molecular weight is 444 g/mol. The maximum Gasteiger partial charge on any atom is 0.339 e. The van der Waals surface area contributed by atoms with Crippen molar-refractivity contribution >= 4 is 54.2 Å². The van der Waals surface area contributed by atoms with Crippen molar-refractivity contribution in [2.75, 3.05) is 7.11 Å². The van der Waals surface area contributed by atoms with Crippen LogP contribution in [-0.2, 0) is 0 Å². The number of hydrogen-bond donors (Lipinski definition) is 0. The topological polar surface area (TPSA) is 39.4 Å². The average Bonchev–Trinajstić information content (AvgIpc) is 2.83. The Balaban J connectivity index is 2.39. The zero-order chi connectivity index (χ0) is 16.0. The van der Waals surface area contributed by atoms with E-state index in [-0.39, 0.29) is 5.63 Å². The second-order valence-electron chi connectivity index (χ2n) is 4.93. The number of aryl methyl sites for hydroxylation is 1. The predicted molar refractivity (Wildman–Crippen MR) is 97.2 cm³/mol. The second kappa shape index (κ2) is 5.83. The highest BCUT2D eigenvalue weighted by atomic mass is 79.9. The van der Waals surface area contributed by atoms with Crippen LogP contribution in [0.3, 0.4) is 0 Å². The normalized spacial score (nSPS) is 11.1. The number of halogens is 2. The number of fused-ring (bicyclic) bond motifs is 1. The summed E-state index contributed by atoms with van der Waals surface area (Å²) < 4.78 is 13.0. The molecule has 0 bridgehead atoms. The van der Waals surface area contributed by atoms with E-state index in [1.807, 2.05) is 24.4 Å². The van der Waals surface area contributed by atoms with Gasteiger partial charge in [-0.05, 0) is 69.0 Å². The fourth-order valence-corrected chi connectivity index (χ4v) is 4.35. The summed E-state index contributed by atoms with van der Waals surface area (Å²) in [4.78, 5) is 12.0. The highest BCUT2D eigenvalue weighted by Gasteiger charge is 2.16. The molecule has 1 aromatic carbocycles. The minimum absolute atomic E-state index is 0.310. The standard InChI is InChI=1S/C16H12Br2O3S/c1-7-8(2)16(19)21-12-5-9(4-11(20-3)13(7)12)10-6-22-15(18)14(10)17/h4-6H,1-3H3. The van der Waals surface area contributed by atoms with Gasteiger partial charge in [0.05, 0.1) is 20.8 Å². The maximum atomic E-state index is 12.0. The predicted octanol–water partition coefficient (Wildman–Crippen LogP) is 5.67. The van der Waals surface area contributed by atoms with Crippen LogP contribution in [0.5, 0.6) is 5.75 Å². The molecule has 0 radical (unpaired) electrons. The Morgan fingerprint density at radius 1 is 1.18 bits per heavy atom. The van der Waals surface area contributed by atoms with Gasteiger partial charge in [0.15, 0.2) is 0 Å². The fraction of sp³-hybridized carbons (Fsp3) is 0.188. The number of ether oxygens (including phenoxy) is 1. The van der Waals surface area contributed by atoms with Gasteiger partial charge in [-0.25, -0.2) is 4.79 Å². The molecule has 3 nitrogen and oxygen atoms in total. The van der Waals surface area contributed by atoms with E-state index < -0.39 is 0 Å². The number of benzene rings is 1. The molecule has 0 atom stereocenters. The first-order chi connectivity index (χ1) is 10.4. The van der Waals surface area contributed by atoms with E-state index in [9.17, 15) is 4.79 Å². The van der Waals surface area contributed by atoms with Crippen LogP contribution >= 0.6 is 43.2 Å². The van der Waals surface area contributed by atoms with Gasteiger partial charge < -0.3 is 9.15 Å². The third-order valence-corrected chi connectivity index (χ3v) is 7.07. The summed E-state index contributed by atoms with van der Waals surface area (Å²) >= 11 is 8.66. The van der Waals surface area contributed by atoms with Crippen molar-refractivity contribution in [3.05, 3.63) is 47.3 Å². The Labute approximate surface area is 148 Å². The van der Waals surface area contributed by atoms with Crippen molar-refractivity contribution in [2.45, 2.75) is 13.8 Å². The lowest BCUT2D eigenvalue weighted by molar-refractivity contribution is 0.418. The van der Waals surface area contributed by atoms with Crippen LogP contribution in [-0.4, -0.2) is 7.11 Å². The van der Waals surface area contributed by atoms with E-state index in [1.165, 1.54) is 0 Å². The van der Waals surface area contributed by atoms with E-state index in [1.54, 1.807) is 25.4 Å². The van der Waals surface area contributed by atoms with Gasteiger partial charge in [0, 0.05) is 16.5 Å². The summed E-state index contributed by atoms with van der Waals surface area (Å²) in [5.41, 5.74) is 3.69. The number of methoxy groups -OCH3 is 1. The molecular formula is C16H12Br2O3S. The smallest absolute Gasteiger partial charge is 0.339 e. The first-order valence-corrected chi connectivity index (χ1v) is 8.95. The molecule has 2 aromatic heterocycles. The summed E-state index contributed by atoms with van der Waals surface area (Å²) in [7, 11) is 1.62. The molecule has 0 amide bonds. The minimum atomic E-state index is -0.310. The molecule has 0 aliphatic rings. The Morgan fingerprint density at radius 2 is 1.91 bits per heavy atom. The molecule has 114 valence electrons. The monoisotopic (exact) mass is 442 g/mol. The lowest BCUT2D eigenvalue weighted by atomic mass is 10.0. The van der Waals surface area contributed by atoms with Crippen molar-refractivity contribution in [3.63, 3.8) is 0 Å². The highest BCUT2D eigenvalue weighted by Crippen LogP contribution is 2.42. The maximum absolute atomic E-state index is 12.0. The quantitative estimate of drug-likeness (QED) is 0.479. The highest BCUT2D eigenvalue weighted by molar-refractivity contribution is 9.13. The van der Waals surface area contributed by atoms with Crippen molar-refractivity contribution in [1.29, 1.82) is 0 Å². The van der Waals surface area contributed by atoms with E-state index >= 15 is 0 Å². The SMILES string of the molecule is COc1cc(-c2csc(Br)c2Br)cc2oc(=O)c(C)c(C)c12. The van der Waals surface area contributed by atoms with Gasteiger partial charge in [-0.15, -0.1) is 11.3 Å². The van der Waals surface area contributed by atoms with E-state index in [0.29, 0.717) is 16.9 Å². The summed E-state index contributed by atoms with van der Waals surface area (Å²) in [6, 6.07) is 3.85. The van der Waals surface area contributed by atoms with E-state index in [4.69, 9.17) is 9.15 Å². The van der Waals surface area contributed by atoms with E-state index in [2.05, 4.69) is 31.9 Å². The summed E-state index contributed by atoms with van der Waals surface area (Å²) in [6.45, 7) is 3.68. The van der Waals surface area contributed by atoms with Crippen LogP contribution in [0.1, 0.15) is 11.1 Å². The minimum Gasteiger partial charge on any atom is -0.496 e. The molecule has 0 aliphatic carbocycles. The summed E-state index contributed by atoms with van der Waals surface area (Å²) in [6.07, 6.45) is 0. The molecule has 0 N–H and O–H groups in total. The zero-order valence-electron chi connectivity index (χ0n) is 12.1. The number of rotatable bonds is 2. The van der Waals surface area contributed by atoms with Gasteiger partial charge >= 0.3 is 5.63 Å². The molecule has 6 heteroatoms. The van der Waals surface area contributed by atoms with Crippen molar-refractivity contribution in [1.82, 2.24) is 0 Å². The van der Waals surface area contributed by atoms with Crippen LogP contribution in [0.25, 0.3) is 22.1 Å². The largest absolute Gasteiger partial charge is 0.496 e. The van der Waals surface area contributed by atoms with Gasteiger partial charge in [0.25, 0.3) is 0 Å². The summed E-state index contributed by atoms with van der Waals surface area (Å²) in [5.74, 6) is 0.700. The van der Waals surface area contributed by atoms with Gasteiger partial charge in [0.1, 0.15) is 11.3 Å². The van der Waals surface area contributed by atoms with Crippen LogP contribution in [0.2, 0.25) is 0 Å². The molecule has 0 saturated heterocycles. The lowest BCUT2D eigenvalue weighted by Gasteiger charge is -2.11. The summed E-state index contributed by atoms with van der Waals surface area (Å²) in [5, 5.41) is 2.88. The molecule has 0 spiro atoms. The fourth-order valence-electron chi connectivity index (χ4n) is 2.39. The Morgan fingerprint density at radius 3 is 2.50 bits per heavy atom. The molecule has 2 heterocycles. The van der Waals surface area contributed by atoms with Crippen LogP contribution < -0.4 is 10.4 Å². The Bertz CT molecular complexity index is 941. The zero-order valence-corrected chi connectivity index (χ0v) is 16.1. The lowest BCUT2D eigenvalue weighted by Crippen LogP contribution is -2.06. The third-order valence-electron chi connectivity index (χ3n) is 3.73. The first-order valence-electron chi connectivity index (χ1n) is 6.49. The van der Waals surface area contributed by atoms with Gasteiger partial charge in [-0.3, -0.25) is 0 Å². The van der Waals surface area contributed by atoms with Crippen molar-refractivity contribution < 1.29 is 9.15 Å². The Hall–Kier alpha value is -1.11. The Kier molecular flexibility index (Phi) is 4.18. The van der Waals surface area contributed by atoms with E-state index in [0.717, 1.165) is 30.3 Å². The number of thiophene rings is 1. The van der Waals surface area contributed by atoms with Crippen molar-refractivity contribution in [2.24, 2.45) is 0 Å². The van der Waals surface area contributed by atoms with Crippen LogP contribution in [0, 0.1) is 13.8 Å². The molecule has 0 saturated carbocycles. The molecule has 0 fully saturated rings. The van der Waals surface area contributed by atoms with Gasteiger partial charge in [0.2, 0.25) is 0 Å². The van der Waals surface area contributed by atoms with Crippen LogP contribution in [0.15, 0.2) is 35.0 Å². The van der Waals surface area contributed by atoms with Gasteiger partial charge in [-0.1, -0.05) is 0 Å². The van der Waals surface area contributed by atoms with Crippen molar-refractivity contribution in [3.8, 4) is 16.9 Å². The molecule has 3 aromatic rings. The molecular weight excluding hydrogens is 432 g/mol.